The number of fused-ring (bicyclic) bond motifs is 1. The molecule has 2 aromatic rings. The molecule has 0 spiro atoms. The molecule has 3 rings (SSSR count). The van der Waals surface area contributed by atoms with E-state index in [1.54, 1.807) is 17.0 Å². The van der Waals surface area contributed by atoms with Gasteiger partial charge in [0.2, 0.25) is 5.91 Å². The van der Waals surface area contributed by atoms with E-state index in [0.29, 0.717) is 30.2 Å². The molecule has 3 amide bonds. The Morgan fingerprint density at radius 1 is 1.21 bits per heavy atom. The van der Waals surface area contributed by atoms with Crippen LogP contribution in [0.5, 0.6) is 0 Å². The van der Waals surface area contributed by atoms with Gasteiger partial charge in [-0.15, -0.1) is 0 Å². The van der Waals surface area contributed by atoms with Crippen molar-refractivity contribution in [3.8, 4) is 0 Å². The molecule has 1 atom stereocenters. The van der Waals surface area contributed by atoms with E-state index in [9.17, 15) is 14.4 Å². The van der Waals surface area contributed by atoms with Gasteiger partial charge in [-0.3, -0.25) is 9.59 Å². The number of aromatic nitrogens is 1. The normalized spacial score (nSPS) is 14.5. The van der Waals surface area contributed by atoms with Gasteiger partial charge in [0.1, 0.15) is 11.6 Å². The fraction of sp³-hybridized carbons (Fsp3) is 0.500. The van der Waals surface area contributed by atoms with Crippen LogP contribution >= 0.6 is 11.3 Å². The number of amides is 3. The van der Waals surface area contributed by atoms with Gasteiger partial charge in [-0.25, -0.2) is 9.78 Å². The zero-order valence-electron chi connectivity index (χ0n) is 20.0. The maximum atomic E-state index is 13.0. The Balaban J connectivity index is 1.66. The quantitative estimate of drug-likeness (QED) is 0.681. The van der Waals surface area contributed by atoms with Gasteiger partial charge in [0.15, 0.2) is 5.13 Å². The highest BCUT2D eigenvalue weighted by atomic mass is 32.1. The summed E-state index contributed by atoms with van der Waals surface area (Å²) in [5.41, 5.74) is 1.81. The number of ether oxygens (including phenoxy) is 1. The molecule has 2 heterocycles. The molecule has 0 saturated heterocycles. The van der Waals surface area contributed by atoms with Crippen LogP contribution in [-0.4, -0.2) is 46.0 Å². The number of nitrogens with zero attached hydrogens (tertiary/aromatic N) is 2. The van der Waals surface area contributed by atoms with E-state index in [2.05, 4.69) is 15.6 Å². The second-order valence-corrected chi connectivity index (χ2v) is 10.7. The maximum absolute atomic E-state index is 13.0. The summed E-state index contributed by atoms with van der Waals surface area (Å²) in [5.74, 6) is -0.726. The molecule has 1 aromatic carbocycles. The molecular weight excluding hydrogens is 440 g/mol. The van der Waals surface area contributed by atoms with E-state index >= 15 is 0 Å². The number of rotatable bonds is 5. The first-order chi connectivity index (χ1) is 15.4. The molecule has 178 valence electrons. The molecule has 0 saturated carbocycles. The van der Waals surface area contributed by atoms with Crippen molar-refractivity contribution in [3.05, 3.63) is 46.0 Å². The minimum atomic E-state index is -0.711. The predicted octanol–water partition coefficient (Wildman–Crippen LogP) is 4.14. The second-order valence-electron chi connectivity index (χ2n) is 9.59. The number of hydrogen-bond donors (Lipinski definition) is 2. The number of nitrogens with one attached hydrogen (secondary N) is 2. The van der Waals surface area contributed by atoms with E-state index in [4.69, 9.17) is 4.74 Å². The molecular formula is C24H32N4O4S. The summed E-state index contributed by atoms with van der Waals surface area (Å²) in [6, 6.07) is 6.53. The van der Waals surface area contributed by atoms with Crippen LogP contribution in [0.15, 0.2) is 24.3 Å². The van der Waals surface area contributed by atoms with Gasteiger partial charge < -0.3 is 20.3 Å². The highest BCUT2D eigenvalue weighted by Crippen LogP contribution is 2.29. The smallest absolute Gasteiger partial charge is 0.410 e. The Labute approximate surface area is 198 Å². The molecule has 33 heavy (non-hydrogen) atoms. The highest BCUT2D eigenvalue weighted by Gasteiger charge is 2.30. The zero-order chi connectivity index (χ0) is 24.3. The first kappa shape index (κ1) is 24.7. The van der Waals surface area contributed by atoms with E-state index in [1.165, 1.54) is 11.3 Å². The lowest BCUT2D eigenvalue weighted by atomic mass is 10.0. The number of anilines is 1. The first-order valence-electron chi connectivity index (χ1n) is 11.1. The van der Waals surface area contributed by atoms with E-state index in [-0.39, 0.29) is 23.8 Å². The van der Waals surface area contributed by atoms with Gasteiger partial charge >= 0.3 is 6.09 Å². The van der Waals surface area contributed by atoms with Gasteiger partial charge in [-0.1, -0.05) is 42.9 Å². The van der Waals surface area contributed by atoms with Crippen LogP contribution < -0.4 is 10.6 Å². The van der Waals surface area contributed by atoms with E-state index in [0.717, 1.165) is 16.1 Å². The molecule has 0 aliphatic carbocycles. The average molecular weight is 473 g/mol. The lowest BCUT2D eigenvalue weighted by Crippen LogP contribution is -2.47. The number of carbonyl (C=O) groups excluding carboxylic acids is 3. The zero-order valence-corrected chi connectivity index (χ0v) is 20.8. The molecule has 1 aromatic heterocycles. The number of hydrogen-bond acceptors (Lipinski definition) is 6. The van der Waals surface area contributed by atoms with E-state index in [1.807, 2.05) is 53.7 Å². The third-order valence-corrected chi connectivity index (χ3v) is 6.13. The van der Waals surface area contributed by atoms with Gasteiger partial charge in [0, 0.05) is 23.4 Å². The van der Waals surface area contributed by atoms with Crippen LogP contribution in [0.1, 0.15) is 61.1 Å². The topological polar surface area (TPSA) is 101 Å². The molecule has 9 heteroatoms. The molecule has 0 fully saturated rings. The third kappa shape index (κ3) is 6.54. The molecule has 1 aliphatic rings. The molecule has 0 bridgehead atoms. The minimum absolute atomic E-state index is 0.115. The van der Waals surface area contributed by atoms with Crippen molar-refractivity contribution in [2.24, 2.45) is 5.92 Å². The van der Waals surface area contributed by atoms with Crippen molar-refractivity contribution < 1.29 is 19.1 Å². The SMILES string of the molecule is Cc1cccc(C(=O)N[C@H](C(=O)Nc2nc3c(s2)CN(C(=O)OC(C)(C)C)CC3)C(C)C)c1. The fourth-order valence-corrected chi connectivity index (χ4v) is 4.49. The lowest BCUT2D eigenvalue weighted by molar-refractivity contribution is -0.118. The highest BCUT2D eigenvalue weighted by molar-refractivity contribution is 7.15. The predicted molar refractivity (Wildman–Crippen MR) is 128 cm³/mol. The summed E-state index contributed by atoms with van der Waals surface area (Å²) in [6.45, 7) is 12.1. The Morgan fingerprint density at radius 3 is 2.58 bits per heavy atom. The number of benzene rings is 1. The summed E-state index contributed by atoms with van der Waals surface area (Å²) in [6.07, 6.45) is 0.240. The van der Waals surface area contributed by atoms with Gasteiger partial charge in [0.25, 0.3) is 5.91 Å². The molecule has 0 radical (unpaired) electrons. The Hall–Kier alpha value is -2.94. The summed E-state index contributed by atoms with van der Waals surface area (Å²) in [4.78, 5) is 45.2. The molecule has 2 N–H and O–H groups in total. The average Bonchev–Trinajstić information content (AvgIpc) is 3.11. The van der Waals surface area contributed by atoms with Gasteiger partial charge in [-0.2, -0.15) is 0 Å². The molecule has 1 aliphatic heterocycles. The Morgan fingerprint density at radius 2 is 1.94 bits per heavy atom. The van der Waals surface area contributed by atoms with Gasteiger partial charge in [-0.05, 0) is 45.7 Å². The van der Waals surface area contributed by atoms with Crippen LogP contribution in [0.25, 0.3) is 0 Å². The van der Waals surface area contributed by atoms with Crippen molar-refractivity contribution in [1.82, 2.24) is 15.2 Å². The van der Waals surface area contributed by atoms with Crippen LogP contribution in [0.4, 0.5) is 9.93 Å². The van der Waals surface area contributed by atoms with Gasteiger partial charge in [0.05, 0.1) is 12.2 Å². The van der Waals surface area contributed by atoms with E-state index < -0.39 is 11.6 Å². The standard InChI is InChI=1S/C24H32N4O4S/c1-14(2)19(26-20(29)16-9-7-8-15(3)12-16)21(30)27-22-25-17-10-11-28(13-18(17)33-22)23(31)32-24(4,5)6/h7-9,12,14,19H,10-11,13H2,1-6H3,(H,26,29)(H,25,27,30)/t19-/m0/s1. The van der Waals surface area contributed by atoms with Crippen molar-refractivity contribution in [1.29, 1.82) is 0 Å². The fourth-order valence-electron chi connectivity index (χ4n) is 3.46. The van der Waals surface area contributed by atoms with Crippen LogP contribution in [0, 0.1) is 12.8 Å². The van der Waals surface area contributed by atoms with Crippen molar-refractivity contribution in [3.63, 3.8) is 0 Å². The molecule has 0 unspecified atom stereocenters. The van der Waals surface area contributed by atoms with Crippen LogP contribution in [0.2, 0.25) is 0 Å². The largest absolute Gasteiger partial charge is 0.444 e. The monoisotopic (exact) mass is 472 g/mol. The van der Waals surface area contributed by atoms with Crippen molar-refractivity contribution in [2.75, 3.05) is 11.9 Å². The summed E-state index contributed by atoms with van der Waals surface area (Å²) in [5, 5.41) is 6.16. The Kier molecular flexibility index (Phi) is 7.41. The van der Waals surface area contributed by atoms with Crippen molar-refractivity contribution >= 4 is 34.4 Å². The summed E-state index contributed by atoms with van der Waals surface area (Å²) < 4.78 is 5.46. The number of aryl methyl sites for hydroxylation is 1. The van der Waals surface area contributed by atoms with Crippen LogP contribution in [-0.2, 0) is 22.5 Å². The maximum Gasteiger partial charge on any atom is 0.410 e. The van der Waals surface area contributed by atoms with Crippen LogP contribution in [0.3, 0.4) is 0 Å². The van der Waals surface area contributed by atoms with Crippen molar-refractivity contribution in [2.45, 2.75) is 66.2 Å². The summed E-state index contributed by atoms with van der Waals surface area (Å²) >= 11 is 1.34. The minimum Gasteiger partial charge on any atom is -0.444 e. The molecule has 8 nitrogen and oxygen atoms in total. The third-order valence-electron chi connectivity index (χ3n) is 5.13. The first-order valence-corrected chi connectivity index (χ1v) is 11.9. The second kappa shape index (κ2) is 9.91. The lowest BCUT2D eigenvalue weighted by Gasteiger charge is -2.29. The Bertz CT molecular complexity index is 1040. The number of carbonyl (C=O) groups is 3. The summed E-state index contributed by atoms with van der Waals surface area (Å²) in [7, 11) is 0. The number of thiazole rings is 1.